The van der Waals surface area contributed by atoms with E-state index in [0.717, 1.165) is 6.42 Å². The van der Waals surface area contributed by atoms with Crippen molar-refractivity contribution in [3.05, 3.63) is 0 Å². The van der Waals surface area contributed by atoms with Crippen molar-refractivity contribution >= 4 is 29.5 Å². The van der Waals surface area contributed by atoms with Crippen LogP contribution in [0.5, 0.6) is 6.01 Å². The number of hydrogen-bond acceptors (Lipinski definition) is 6. The van der Waals surface area contributed by atoms with Crippen LogP contribution in [0.1, 0.15) is 19.8 Å². The molecule has 2 amide bonds. The fourth-order valence-electron chi connectivity index (χ4n) is 2.61. The lowest BCUT2D eigenvalue weighted by Gasteiger charge is -2.29. The number of fused-ring (bicyclic) bond motifs is 1. The summed E-state index contributed by atoms with van der Waals surface area (Å²) in [6.45, 7) is 2.01. The van der Waals surface area contributed by atoms with E-state index >= 15 is 0 Å². The third kappa shape index (κ3) is 2.01. The predicted octanol–water partition coefficient (Wildman–Crippen LogP) is 0.206. The van der Waals surface area contributed by atoms with Crippen molar-refractivity contribution < 1.29 is 14.3 Å². The lowest BCUT2D eigenvalue weighted by atomic mass is 10.2. The molecule has 0 aliphatic carbocycles. The Morgan fingerprint density at radius 3 is 3.15 bits per heavy atom. The van der Waals surface area contributed by atoms with Crippen molar-refractivity contribution in [3.63, 3.8) is 0 Å². The Labute approximate surface area is 119 Å². The molecular formula is C11H15N5O3S. The molecule has 20 heavy (non-hydrogen) atoms. The summed E-state index contributed by atoms with van der Waals surface area (Å²) in [6, 6.07) is -0.306. The van der Waals surface area contributed by atoms with Gasteiger partial charge in [-0.25, -0.2) is 5.10 Å². The van der Waals surface area contributed by atoms with Gasteiger partial charge in [-0.2, -0.15) is 4.98 Å². The molecule has 2 unspecified atom stereocenters. The number of aromatic amines is 1. The first kappa shape index (κ1) is 13.2. The molecule has 1 aromatic rings. The van der Waals surface area contributed by atoms with Gasteiger partial charge in [0, 0.05) is 12.2 Å². The van der Waals surface area contributed by atoms with Gasteiger partial charge in [0.15, 0.2) is 0 Å². The lowest BCUT2D eigenvalue weighted by molar-refractivity contribution is -0.135. The summed E-state index contributed by atoms with van der Waals surface area (Å²) < 4.78 is 4.83. The van der Waals surface area contributed by atoms with E-state index in [-0.39, 0.29) is 28.6 Å². The molecule has 108 valence electrons. The summed E-state index contributed by atoms with van der Waals surface area (Å²) in [5, 5.41) is 8.95. The maximum atomic E-state index is 12.3. The van der Waals surface area contributed by atoms with E-state index in [9.17, 15) is 9.59 Å². The van der Waals surface area contributed by atoms with Crippen molar-refractivity contribution in [2.45, 2.75) is 30.7 Å². The quantitative estimate of drug-likeness (QED) is 0.827. The number of anilines is 1. The van der Waals surface area contributed by atoms with Crippen LogP contribution in [0.25, 0.3) is 0 Å². The van der Waals surface area contributed by atoms with Gasteiger partial charge >= 0.3 is 6.01 Å². The largest absolute Gasteiger partial charge is 0.466 e. The molecule has 1 aromatic heterocycles. The van der Waals surface area contributed by atoms with Gasteiger partial charge in [-0.3, -0.25) is 14.9 Å². The smallest absolute Gasteiger partial charge is 0.336 e. The van der Waals surface area contributed by atoms with Gasteiger partial charge in [0.2, 0.25) is 17.8 Å². The van der Waals surface area contributed by atoms with Crippen LogP contribution < -0.4 is 10.1 Å². The van der Waals surface area contributed by atoms with Crippen molar-refractivity contribution in [3.8, 4) is 6.01 Å². The molecule has 3 heterocycles. The Kier molecular flexibility index (Phi) is 3.08. The van der Waals surface area contributed by atoms with Crippen LogP contribution in [0.2, 0.25) is 0 Å². The monoisotopic (exact) mass is 297 g/mol. The number of nitrogens with one attached hydrogen (secondary N) is 2. The van der Waals surface area contributed by atoms with E-state index in [1.807, 2.05) is 6.92 Å². The number of nitrogens with zero attached hydrogens (tertiary/aromatic N) is 3. The zero-order valence-electron chi connectivity index (χ0n) is 11.2. The number of methoxy groups -OCH3 is 1. The molecule has 2 atom stereocenters. The van der Waals surface area contributed by atoms with E-state index in [0.29, 0.717) is 12.2 Å². The van der Waals surface area contributed by atoms with Gasteiger partial charge in [0.05, 0.1) is 12.0 Å². The third-order valence-electron chi connectivity index (χ3n) is 3.64. The number of thioether (sulfide) groups is 1. The van der Waals surface area contributed by atoms with E-state index < -0.39 is 6.04 Å². The number of ether oxygens (including phenoxy) is 1. The second-order valence-electron chi connectivity index (χ2n) is 4.93. The maximum Gasteiger partial charge on any atom is 0.336 e. The molecular weight excluding hydrogens is 282 g/mol. The van der Waals surface area contributed by atoms with Gasteiger partial charge < -0.3 is 9.64 Å². The minimum atomic E-state index is -0.462. The Hall–Kier alpha value is -1.77. The first-order valence-corrected chi connectivity index (χ1v) is 7.25. The minimum Gasteiger partial charge on any atom is -0.466 e. The molecule has 2 saturated heterocycles. The van der Waals surface area contributed by atoms with E-state index in [1.165, 1.54) is 7.11 Å². The molecule has 2 aliphatic heterocycles. The number of carbonyl (C=O) groups excluding carboxylic acids is 2. The second-order valence-corrected chi connectivity index (χ2v) is 6.43. The fourth-order valence-corrected chi connectivity index (χ4v) is 4.04. The molecule has 2 N–H and O–H groups in total. The summed E-state index contributed by atoms with van der Waals surface area (Å²) in [7, 11) is 1.44. The highest BCUT2D eigenvalue weighted by molar-refractivity contribution is 8.01. The second kappa shape index (κ2) is 4.65. The highest BCUT2D eigenvalue weighted by Gasteiger charge is 2.52. The molecule has 8 nitrogen and oxygen atoms in total. The minimum absolute atomic E-state index is 0.0350. The highest BCUT2D eigenvalue weighted by Crippen LogP contribution is 2.47. The molecule has 3 rings (SSSR count). The van der Waals surface area contributed by atoms with Crippen LogP contribution in [0.15, 0.2) is 0 Å². The van der Waals surface area contributed by atoms with Crippen molar-refractivity contribution in [2.24, 2.45) is 0 Å². The number of hydrogen-bond donors (Lipinski definition) is 2. The zero-order chi connectivity index (χ0) is 14.3. The molecule has 0 bridgehead atoms. The standard InChI is InChI=1S/C11H15N5O3S/c1-11-4-3-7(17)16(11)6(5-20-11)8(18)12-9-13-10(19-2)15-14-9/h6H,3-5H2,1-2H3,(H2,12,13,14,15,18). The fraction of sp³-hybridized carbons (Fsp3) is 0.636. The predicted molar refractivity (Wildman–Crippen MR) is 72.3 cm³/mol. The first-order chi connectivity index (χ1) is 9.53. The van der Waals surface area contributed by atoms with Crippen LogP contribution in [0, 0.1) is 0 Å². The van der Waals surface area contributed by atoms with Crippen molar-refractivity contribution in [1.82, 2.24) is 20.1 Å². The van der Waals surface area contributed by atoms with Crippen molar-refractivity contribution in [2.75, 3.05) is 18.2 Å². The third-order valence-corrected chi connectivity index (χ3v) is 5.14. The Morgan fingerprint density at radius 2 is 2.45 bits per heavy atom. The van der Waals surface area contributed by atoms with Crippen LogP contribution in [0.4, 0.5) is 5.95 Å². The maximum absolute atomic E-state index is 12.3. The van der Waals surface area contributed by atoms with E-state index in [4.69, 9.17) is 4.74 Å². The molecule has 0 aromatic carbocycles. The topological polar surface area (TPSA) is 100 Å². The normalized spacial score (nSPS) is 28.6. The zero-order valence-corrected chi connectivity index (χ0v) is 12.0. The van der Waals surface area contributed by atoms with Gasteiger partial charge in [-0.1, -0.05) is 0 Å². The SMILES string of the molecule is COc1n[nH]c(NC(=O)C2CSC3(C)CCC(=O)N23)n1. The van der Waals surface area contributed by atoms with Gasteiger partial charge in [0.1, 0.15) is 6.04 Å². The molecule has 0 spiro atoms. The summed E-state index contributed by atoms with van der Waals surface area (Å²) in [6.07, 6.45) is 1.29. The summed E-state index contributed by atoms with van der Waals surface area (Å²) >= 11 is 1.65. The number of carbonyl (C=O) groups is 2. The van der Waals surface area contributed by atoms with Gasteiger partial charge in [-0.15, -0.1) is 16.9 Å². The number of aromatic nitrogens is 3. The van der Waals surface area contributed by atoms with Crippen molar-refractivity contribution in [1.29, 1.82) is 0 Å². The number of rotatable bonds is 3. The van der Waals surface area contributed by atoms with Crippen LogP contribution in [-0.2, 0) is 9.59 Å². The number of amides is 2. The summed E-state index contributed by atoms with van der Waals surface area (Å²) in [5.74, 6) is 0.597. The van der Waals surface area contributed by atoms with E-state index in [1.54, 1.807) is 16.7 Å². The van der Waals surface area contributed by atoms with Crippen LogP contribution in [0.3, 0.4) is 0 Å². The Morgan fingerprint density at radius 1 is 1.65 bits per heavy atom. The lowest BCUT2D eigenvalue weighted by Crippen LogP contribution is -2.48. The molecule has 9 heteroatoms. The van der Waals surface area contributed by atoms with E-state index in [2.05, 4.69) is 20.5 Å². The molecule has 0 radical (unpaired) electrons. The van der Waals surface area contributed by atoms with Gasteiger partial charge in [-0.05, 0) is 13.3 Å². The van der Waals surface area contributed by atoms with Crippen LogP contribution in [-0.4, -0.2) is 55.7 Å². The molecule has 0 saturated carbocycles. The number of H-pyrrole nitrogens is 1. The first-order valence-electron chi connectivity index (χ1n) is 6.27. The van der Waals surface area contributed by atoms with Crippen LogP contribution >= 0.6 is 11.8 Å². The summed E-state index contributed by atoms with van der Waals surface area (Å²) in [5.41, 5.74) is 0. The average Bonchev–Trinajstić information content (AvgIpc) is 3.07. The average molecular weight is 297 g/mol. The molecule has 2 aliphatic rings. The van der Waals surface area contributed by atoms with Gasteiger partial charge in [0.25, 0.3) is 0 Å². The Balaban J connectivity index is 1.73. The Bertz CT molecular complexity index is 562. The molecule has 2 fully saturated rings. The summed E-state index contributed by atoms with van der Waals surface area (Å²) in [4.78, 5) is 29.6. The highest BCUT2D eigenvalue weighted by atomic mass is 32.2.